The molecule has 29 heavy (non-hydrogen) atoms. The van der Waals surface area contributed by atoms with Gasteiger partial charge in [-0.25, -0.2) is 4.98 Å². The van der Waals surface area contributed by atoms with Gasteiger partial charge in [-0.1, -0.05) is 47.5 Å². The van der Waals surface area contributed by atoms with Crippen molar-refractivity contribution in [2.45, 2.75) is 13.8 Å². The summed E-state index contributed by atoms with van der Waals surface area (Å²) in [6.07, 6.45) is 3.84. The average molecular weight is 454 g/mol. The average Bonchev–Trinajstić information content (AvgIpc) is 2.71. The zero-order valence-electron chi connectivity index (χ0n) is 16.7. The minimum Gasteiger partial charge on any atom is -0.495 e. The molecule has 0 radical (unpaired) electrons. The molecule has 1 aromatic heterocycles. The monoisotopic (exact) mass is 452 g/mol. The summed E-state index contributed by atoms with van der Waals surface area (Å²) in [5.41, 5.74) is 2.19. The van der Waals surface area contributed by atoms with Gasteiger partial charge in [-0.05, 0) is 42.8 Å². The van der Waals surface area contributed by atoms with Gasteiger partial charge in [0.1, 0.15) is 11.6 Å². The first kappa shape index (κ1) is 22.0. The molecular weight excluding hydrogens is 431 g/mol. The number of benzene rings is 1. The third kappa shape index (κ3) is 4.56. The summed E-state index contributed by atoms with van der Waals surface area (Å²) >= 11 is 19.4. The maximum atomic E-state index is 6.65. The van der Waals surface area contributed by atoms with Crippen LogP contribution in [-0.4, -0.2) is 38.4 Å². The summed E-state index contributed by atoms with van der Waals surface area (Å²) < 4.78 is 10.9. The summed E-state index contributed by atoms with van der Waals surface area (Å²) in [5, 5.41) is 3.29. The Bertz CT molecular complexity index is 1060. The summed E-state index contributed by atoms with van der Waals surface area (Å²) in [4.78, 5) is 7.14. The second-order valence-corrected chi connectivity index (χ2v) is 7.95. The Morgan fingerprint density at radius 1 is 1.24 bits per heavy atom. The molecule has 154 valence electrons. The normalized spacial score (nSPS) is 15.7. The molecule has 0 amide bonds. The molecule has 2 aromatic rings. The minimum absolute atomic E-state index is 0.434. The summed E-state index contributed by atoms with van der Waals surface area (Å²) in [6.45, 7) is 10.4. The summed E-state index contributed by atoms with van der Waals surface area (Å²) in [5.74, 6) is 1.36. The molecule has 7 heteroatoms. The van der Waals surface area contributed by atoms with Crippen molar-refractivity contribution in [1.82, 2.24) is 4.98 Å². The molecule has 0 unspecified atom stereocenters. The number of halogens is 3. The standard InChI is InChI=1S/C22H23Cl3N2O2/c1-5-15-12-17(19-20(24)13(2)10-18(28-4)21(19)25)26-22(16(15)11-14(3)23)27-6-8-29-9-7-27/h5,10-12H,3,6-9H2,1-2,4H3/b15-5-,16-11+. The van der Waals surface area contributed by atoms with Crippen LogP contribution in [0.4, 0.5) is 5.82 Å². The van der Waals surface area contributed by atoms with E-state index in [1.54, 1.807) is 7.11 Å². The van der Waals surface area contributed by atoms with Crippen LogP contribution in [0.2, 0.25) is 10.0 Å². The van der Waals surface area contributed by atoms with Gasteiger partial charge in [0.2, 0.25) is 0 Å². The van der Waals surface area contributed by atoms with E-state index in [-0.39, 0.29) is 0 Å². The summed E-state index contributed by atoms with van der Waals surface area (Å²) in [6, 6.07) is 3.78. The lowest BCUT2D eigenvalue weighted by Crippen LogP contribution is -2.42. The molecule has 1 aliphatic rings. The van der Waals surface area contributed by atoms with Crippen LogP contribution >= 0.6 is 34.8 Å². The van der Waals surface area contributed by atoms with Crippen molar-refractivity contribution in [2.75, 3.05) is 38.3 Å². The van der Waals surface area contributed by atoms with E-state index in [0.717, 1.165) is 34.9 Å². The minimum atomic E-state index is 0.434. The number of aromatic nitrogens is 1. The number of anilines is 1. The van der Waals surface area contributed by atoms with Crippen LogP contribution in [0.3, 0.4) is 0 Å². The highest BCUT2D eigenvalue weighted by Crippen LogP contribution is 2.41. The first-order chi connectivity index (χ1) is 13.9. The van der Waals surface area contributed by atoms with E-state index in [1.807, 2.05) is 38.1 Å². The SMILES string of the molecule is C=C(Cl)/C=c1/c(N2CCOCC2)nc(-c2c(Cl)c(C)cc(OC)c2Cl)c/c1=C/C. The predicted molar refractivity (Wildman–Crippen MR) is 123 cm³/mol. The van der Waals surface area contributed by atoms with Gasteiger partial charge in [0.25, 0.3) is 0 Å². The highest BCUT2D eigenvalue weighted by molar-refractivity contribution is 6.40. The Balaban J connectivity index is 2.36. The third-order valence-corrected chi connectivity index (χ3v) is 5.79. The third-order valence-electron chi connectivity index (χ3n) is 4.82. The lowest BCUT2D eigenvalue weighted by Gasteiger charge is -2.29. The fraction of sp³-hybridized carbons (Fsp3) is 0.318. The number of morpholine rings is 1. The second-order valence-electron chi connectivity index (χ2n) is 6.71. The molecule has 0 bridgehead atoms. The lowest BCUT2D eigenvalue weighted by atomic mass is 10.0. The highest BCUT2D eigenvalue weighted by atomic mass is 35.5. The Hall–Kier alpha value is -1.72. The van der Waals surface area contributed by atoms with Crippen molar-refractivity contribution in [2.24, 2.45) is 0 Å². The lowest BCUT2D eigenvalue weighted by molar-refractivity contribution is 0.122. The van der Waals surface area contributed by atoms with Crippen LogP contribution in [0.1, 0.15) is 12.5 Å². The Labute approximate surface area is 186 Å². The molecule has 1 saturated heterocycles. The smallest absolute Gasteiger partial charge is 0.138 e. The molecule has 3 rings (SSSR count). The molecule has 0 saturated carbocycles. The van der Waals surface area contributed by atoms with Crippen LogP contribution in [-0.2, 0) is 4.74 Å². The van der Waals surface area contributed by atoms with E-state index in [1.165, 1.54) is 0 Å². The molecule has 1 fully saturated rings. The first-order valence-corrected chi connectivity index (χ1v) is 10.4. The van der Waals surface area contributed by atoms with Gasteiger partial charge in [-0.15, -0.1) is 0 Å². The van der Waals surface area contributed by atoms with Crippen LogP contribution in [0.25, 0.3) is 23.4 Å². The topological polar surface area (TPSA) is 34.6 Å². The van der Waals surface area contributed by atoms with Crippen LogP contribution in [0.5, 0.6) is 5.75 Å². The van der Waals surface area contributed by atoms with E-state index in [2.05, 4.69) is 11.5 Å². The fourth-order valence-electron chi connectivity index (χ4n) is 3.36. The van der Waals surface area contributed by atoms with Gasteiger partial charge < -0.3 is 14.4 Å². The Morgan fingerprint density at radius 2 is 1.93 bits per heavy atom. The van der Waals surface area contributed by atoms with Gasteiger partial charge in [0.15, 0.2) is 0 Å². The number of ether oxygens (including phenoxy) is 2. The molecule has 0 spiro atoms. The maximum absolute atomic E-state index is 6.65. The van der Waals surface area contributed by atoms with Crippen LogP contribution in [0, 0.1) is 6.92 Å². The van der Waals surface area contributed by atoms with E-state index < -0.39 is 0 Å². The van der Waals surface area contributed by atoms with Gasteiger partial charge in [-0.2, -0.15) is 0 Å². The quantitative estimate of drug-likeness (QED) is 0.680. The first-order valence-electron chi connectivity index (χ1n) is 9.26. The molecule has 0 atom stereocenters. The van der Waals surface area contributed by atoms with Gasteiger partial charge in [0.05, 0.1) is 36.1 Å². The molecule has 2 heterocycles. The number of methoxy groups -OCH3 is 1. The zero-order valence-corrected chi connectivity index (χ0v) is 19.0. The zero-order chi connectivity index (χ0) is 21.1. The number of hydrogen-bond donors (Lipinski definition) is 0. The Morgan fingerprint density at radius 3 is 2.52 bits per heavy atom. The molecule has 0 aliphatic carbocycles. The number of hydrogen-bond acceptors (Lipinski definition) is 4. The van der Waals surface area contributed by atoms with Crippen molar-refractivity contribution >= 4 is 52.8 Å². The molecule has 4 nitrogen and oxygen atoms in total. The summed E-state index contributed by atoms with van der Waals surface area (Å²) in [7, 11) is 1.58. The van der Waals surface area contributed by atoms with Crippen molar-refractivity contribution in [3.8, 4) is 17.0 Å². The second kappa shape index (κ2) is 9.40. The van der Waals surface area contributed by atoms with Crippen molar-refractivity contribution in [3.05, 3.63) is 49.8 Å². The van der Waals surface area contributed by atoms with Crippen molar-refractivity contribution < 1.29 is 9.47 Å². The number of pyridine rings is 1. The van der Waals surface area contributed by atoms with Crippen molar-refractivity contribution in [1.29, 1.82) is 0 Å². The maximum Gasteiger partial charge on any atom is 0.138 e. The van der Waals surface area contributed by atoms with Gasteiger partial charge >= 0.3 is 0 Å². The predicted octanol–water partition coefficient (Wildman–Crippen LogP) is 4.54. The van der Waals surface area contributed by atoms with Crippen LogP contribution < -0.4 is 20.1 Å². The van der Waals surface area contributed by atoms with E-state index >= 15 is 0 Å². The van der Waals surface area contributed by atoms with Crippen LogP contribution in [0.15, 0.2) is 23.7 Å². The number of allylic oxidation sites excluding steroid dienone is 1. The fourth-order valence-corrected chi connectivity index (χ4v) is 4.09. The number of rotatable bonds is 4. The molecule has 0 N–H and O–H groups in total. The number of aryl methyl sites for hydroxylation is 1. The van der Waals surface area contributed by atoms with E-state index in [0.29, 0.717) is 45.3 Å². The van der Waals surface area contributed by atoms with E-state index in [9.17, 15) is 0 Å². The molecule has 1 aromatic carbocycles. The van der Waals surface area contributed by atoms with Gasteiger partial charge in [0, 0.05) is 28.9 Å². The van der Waals surface area contributed by atoms with Gasteiger partial charge in [-0.3, -0.25) is 0 Å². The number of nitrogens with zero attached hydrogens (tertiary/aromatic N) is 2. The molecular formula is C22H23Cl3N2O2. The van der Waals surface area contributed by atoms with Crippen molar-refractivity contribution in [3.63, 3.8) is 0 Å². The molecule has 1 aliphatic heterocycles. The van der Waals surface area contributed by atoms with E-state index in [4.69, 9.17) is 49.3 Å². The largest absolute Gasteiger partial charge is 0.495 e. The Kier molecular flexibility index (Phi) is 7.12. The highest BCUT2D eigenvalue weighted by Gasteiger charge is 2.21.